The Morgan fingerprint density at radius 3 is 2.67 bits per heavy atom. The van der Waals surface area contributed by atoms with Crippen molar-refractivity contribution >= 4 is 11.9 Å². The number of piperidine rings is 1. The fraction of sp³-hybridized carbons (Fsp3) is 0.786. The van der Waals surface area contributed by atoms with Crippen LogP contribution in [0.2, 0.25) is 0 Å². The van der Waals surface area contributed by atoms with Gasteiger partial charge < -0.3 is 9.73 Å². The van der Waals surface area contributed by atoms with Gasteiger partial charge in [0.05, 0.1) is 6.54 Å². The highest BCUT2D eigenvalue weighted by atomic mass is 16.4. The summed E-state index contributed by atoms with van der Waals surface area (Å²) in [4.78, 5) is 14.4. The second kappa shape index (κ2) is 6.11. The molecule has 2 aliphatic heterocycles. The van der Waals surface area contributed by atoms with E-state index < -0.39 is 0 Å². The van der Waals surface area contributed by atoms with Crippen molar-refractivity contribution in [2.45, 2.75) is 57.7 Å². The number of fused-ring (bicyclic) bond motifs is 2. The summed E-state index contributed by atoms with van der Waals surface area (Å²) in [5.41, 5.74) is 0. The number of likely N-dealkylation sites (N-methyl/N-ethyl adjacent to an activating group) is 1. The maximum absolute atomic E-state index is 12.1. The Morgan fingerprint density at radius 1 is 1.38 bits per heavy atom. The van der Waals surface area contributed by atoms with Gasteiger partial charge in [-0.25, -0.2) is 0 Å². The number of amides is 1. The van der Waals surface area contributed by atoms with Crippen molar-refractivity contribution in [1.82, 2.24) is 20.4 Å². The number of nitrogens with one attached hydrogen (secondary N) is 2. The molecular formula is C14H23N5O2. The highest BCUT2D eigenvalue weighted by Gasteiger charge is 2.36. The van der Waals surface area contributed by atoms with Crippen molar-refractivity contribution in [1.29, 1.82) is 0 Å². The van der Waals surface area contributed by atoms with Crippen LogP contribution < -0.4 is 10.6 Å². The molecule has 0 saturated carbocycles. The lowest BCUT2D eigenvalue weighted by molar-refractivity contribution is -0.118. The molecule has 2 aliphatic rings. The summed E-state index contributed by atoms with van der Waals surface area (Å²) in [6.45, 7) is 5.06. The van der Waals surface area contributed by atoms with Crippen LogP contribution in [0.3, 0.4) is 0 Å². The van der Waals surface area contributed by atoms with E-state index in [0.717, 1.165) is 19.4 Å². The van der Waals surface area contributed by atoms with Crippen LogP contribution in [0.4, 0.5) is 6.01 Å². The van der Waals surface area contributed by atoms with Crippen LogP contribution in [0.15, 0.2) is 4.42 Å². The Kier molecular flexibility index (Phi) is 4.21. The minimum Gasteiger partial charge on any atom is -0.408 e. The lowest BCUT2D eigenvalue weighted by atomic mass is 9.98. The van der Waals surface area contributed by atoms with E-state index in [0.29, 0.717) is 30.6 Å². The van der Waals surface area contributed by atoms with Gasteiger partial charge in [-0.2, -0.15) is 0 Å². The molecule has 2 saturated heterocycles. The molecule has 2 bridgehead atoms. The molecule has 0 aromatic carbocycles. The van der Waals surface area contributed by atoms with E-state index in [9.17, 15) is 4.79 Å². The van der Waals surface area contributed by atoms with Gasteiger partial charge in [-0.15, -0.1) is 5.10 Å². The summed E-state index contributed by atoms with van der Waals surface area (Å²) in [6, 6.07) is 1.93. The summed E-state index contributed by atoms with van der Waals surface area (Å²) in [5.74, 6) is 0.360. The minimum absolute atomic E-state index is 0.0913. The van der Waals surface area contributed by atoms with Crippen LogP contribution in [0.5, 0.6) is 0 Å². The highest BCUT2D eigenvalue weighted by molar-refractivity contribution is 5.90. The molecule has 2 fully saturated rings. The second-order valence-electron chi connectivity index (χ2n) is 6.00. The van der Waals surface area contributed by atoms with Crippen LogP contribution in [0.1, 0.15) is 38.5 Å². The van der Waals surface area contributed by atoms with E-state index in [1.807, 2.05) is 0 Å². The van der Waals surface area contributed by atoms with Gasteiger partial charge in [0, 0.05) is 25.0 Å². The summed E-state index contributed by atoms with van der Waals surface area (Å²) in [5, 5.41) is 13.8. The number of hydrogen-bond donors (Lipinski definition) is 2. The van der Waals surface area contributed by atoms with Crippen LogP contribution in [-0.4, -0.2) is 52.2 Å². The molecular weight excluding hydrogens is 270 g/mol. The van der Waals surface area contributed by atoms with Crippen LogP contribution >= 0.6 is 0 Å². The Hall–Kier alpha value is -1.47. The molecule has 0 radical (unpaired) electrons. The van der Waals surface area contributed by atoms with E-state index in [1.165, 1.54) is 12.8 Å². The molecule has 7 nitrogen and oxygen atoms in total. The molecule has 0 aliphatic carbocycles. The number of rotatable bonds is 5. The smallest absolute Gasteiger partial charge is 0.322 e. The number of hydrogen-bond acceptors (Lipinski definition) is 6. The first kappa shape index (κ1) is 14.5. The van der Waals surface area contributed by atoms with Crippen molar-refractivity contribution in [2.75, 3.05) is 18.4 Å². The number of aromatic nitrogens is 2. The van der Waals surface area contributed by atoms with Gasteiger partial charge in [0.1, 0.15) is 0 Å². The summed E-state index contributed by atoms with van der Waals surface area (Å²) in [6.07, 6.45) is 4.81. The Balaban J connectivity index is 1.55. The fourth-order valence-electron chi connectivity index (χ4n) is 3.51. The summed E-state index contributed by atoms with van der Waals surface area (Å²) >= 11 is 0. The molecule has 7 heteroatoms. The van der Waals surface area contributed by atoms with E-state index >= 15 is 0 Å². The molecule has 2 N–H and O–H groups in total. The van der Waals surface area contributed by atoms with Crippen LogP contribution in [0, 0.1) is 6.92 Å². The predicted molar refractivity (Wildman–Crippen MR) is 77.9 cm³/mol. The normalized spacial score (nSPS) is 28.0. The molecule has 21 heavy (non-hydrogen) atoms. The molecule has 2 unspecified atom stereocenters. The quantitative estimate of drug-likeness (QED) is 0.840. The molecule has 1 amide bonds. The molecule has 3 heterocycles. The highest BCUT2D eigenvalue weighted by Crippen LogP contribution is 2.29. The minimum atomic E-state index is -0.0913. The SMILES string of the molecule is CCN(CC(=O)Nc1nnc(C)o1)C1CC2CCC(C1)N2. The van der Waals surface area contributed by atoms with E-state index in [1.54, 1.807) is 6.92 Å². The number of anilines is 1. The standard InChI is InChI=1S/C14H23N5O2/c1-3-19(12-6-10-4-5-11(7-12)15-10)8-13(20)16-14-18-17-9(2)21-14/h10-12,15H,3-8H2,1-2H3,(H,16,18,20). The summed E-state index contributed by atoms with van der Waals surface area (Å²) in [7, 11) is 0. The van der Waals surface area contributed by atoms with Crippen LogP contribution in [0.25, 0.3) is 0 Å². The zero-order valence-electron chi connectivity index (χ0n) is 12.6. The van der Waals surface area contributed by atoms with Crippen molar-refractivity contribution in [3.05, 3.63) is 5.89 Å². The van der Waals surface area contributed by atoms with Gasteiger partial charge in [-0.05, 0) is 32.2 Å². The molecule has 116 valence electrons. The predicted octanol–water partition coefficient (Wildman–Crippen LogP) is 0.921. The monoisotopic (exact) mass is 293 g/mol. The average Bonchev–Trinajstić information content (AvgIpc) is 3.01. The zero-order valence-corrected chi connectivity index (χ0v) is 12.6. The largest absolute Gasteiger partial charge is 0.408 e. The van der Waals surface area contributed by atoms with Gasteiger partial charge in [0.2, 0.25) is 11.8 Å². The van der Waals surface area contributed by atoms with Crippen molar-refractivity contribution in [2.24, 2.45) is 0 Å². The third kappa shape index (κ3) is 3.41. The molecule has 1 aromatic heterocycles. The Bertz CT molecular complexity index is 491. The third-order valence-corrected chi connectivity index (χ3v) is 4.49. The van der Waals surface area contributed by atoms with E-state index in [-0.39, 0.29) is 11.9 Å². The summed E-state index contributed by atoms with van der Waals surface area (Å²) < 4.78 is 5.18. The van der Waals surface area contributed by atoms with E-state index in [2.05, 4.69) is 32.7 Å². The maximum atomic E-state index is 12.1. The third-order valence-electron chi connectivity index (χ3n) is 4.49. The van der Waals surface area contributed by atoms with Gasteiger partial charge in [0.15, 0.2) is 0 Å². The van der Waals surface area contributed by atoms with Gasteiger partial charge >= 0.3 is 6.01 Å². The van der Waals surface area contributed by atoms with Crippen molar-refractivity contribution in [3.63, 3.8) is 0 Å². The van der Waals surface area contributed by atoms with Gasteiger partial charge in [0.25, 0.3) is 0 Å². The number of aryl methyl sites for hydroxylation is 1. The first-order valence-electron chi connectivity index (χ1n) is 7.74. The first-order chi connectivity index (χ1) is 10.1. The lowest BCUT2D eigenvalue weighted by Crippen LogP contribution is -2.50. The van der Waals surface area contributed by atoms with Crippen molar-refractivity contribution in [3.8, 4) is 0 Å². The van der Waals surface area contributed by atoms with Gasteiger partial charge in [-0.3, -0.25) is 15.0 Å². The zero-order chi connectivity index (χ0) is 14.8. The fourth-order valence-corrected chi connectivity index (χ4v) is 3.51. The average molecular weight is 293 g/mol. The molecule has 3 rings (SSSR count). The number of carbonyl (C=O) groups excluding carboxylic acids is 1. The van der Waals surface area contributed by atoms with E-state index in [4.69, 9.17) is 4.42 Å². The lowest BCUT2D eigenvalue weighted by Gasteiger charge is -2.36. The second-order valence-corrected chi connectivity index (χ2v) is 6.00. The maximum Gasteiger partial charge on any atom is 0.322 e. The molecule has 2 atom stereocenters. The van der Waals surface area contributed by atoms with Gasteiger partial charge in [-0.1, -0.05) is 12.0 Å². The number of nitrogens with zero attached hydrogens (tertiary/aromatic N) is 3. The Labute approximate surface area is 124 Å². The molecule has 0 spiro atoms. The first-order valence-corrected chi connectivity index (χ1v) is 7.74. The van der Waals surface area contributed by atoms with Crippen LogP contribution in [-0.2, 0) is 4.79 Å². The number of carbonyl (C=O) groups is 1. The molecule has 1 aromatic rings. The topological polar surface area (TPSA) is 83.3 Å². The van der Waals surface area contributed by atoms with Crippen molar-refractivity contribution < 1.29 is 9.21 Å². The Morgan fingerprint density at radius 2 is 2.10 bits per heavy atom.